The van der Waals surface area contributed by atoms with E-state index in [9.17, 15) is 27.2 Å². The number of fused-ring (bicyclic) bond motifs is 1. The van der Waals surface area contributed by atoms with Crippen molar-refractivity contribution in [2.45, 2.75) is 37.0 Å². The number of amides is 3. The fraction of sp³-hybridized carbons (Fsp3) is 0.240. The number of imide groups is 1. The average molecular weight is 546 g/mol. The molecule has 3 N–H and O–H groups in total. The number of hydrogen-bond acceptors (Lipinski definition) is 7. The summed E-state index contributed by atoms with van der Waals surface area (Å²) < 4.78 is 45.8. The van der Waals surface area contributed by atoms with Crippen molar-refractivity contribution in [2.75, 3.05) is 17.1 Å². The van der Waals surface area contributed by atoms with Gasteiger partial charge in [-0.3, -0.25) is 19.6 Å². The van der Waals surface area contributed by atoms with Crippen LogP contribution in [0.3, 0.4) is 0 Å². The molecule has 0 saturated carbocycles. The molecule has 9 nitrogen and oxygen atoms in total. The molecule has 12 heteroatoms. The van der Waals surface area contributed by atoms with Gasteiger partial charge in [0, 0.05) is 4.88 Å². The van der Waals surface area contributed by atoms with E-state index in [2.05, 4.69) is 20.1 Å². The van der Waals surface area contributed by atoms with Crippen LogP contribution in [0.2, 0.25) is 0 Å². The largest absolute Gasteiger partial charge is 0.453 e. The fourth-order valence-corrected chi connectivity index (χ4v) is 6.40. The first-order valence-electron chi connectivity index (χ1n) is 11.4. The number of anilines is 2. The van der Waals surface area contributed by atoms with E-state index in [4.69, 9.17) is 0 Å². The van der Waals surface area contributed by atoms with Gasteiger partial charge in [-0.25, -0.2) is 17.6 Å². The molecule has 0 atom stereocenters. The maximum absolute atomic E-state index is 13.3. The lowest BCUT2D eigenvalue weighted by Gasteiger charge is -2.13. The zero-order chi connectivity index (χ0) is 26.6. The third-order valence-corrected chi connectivity index (χ3v) is 8.41. The van der Waals surface area contributed by atoms with Crippen molar-refractivity contribution in [1.29, 1.82) is 0 Å². The summed E-state index contributed by atoms with van der Waals surface area (Å²) >= 11 is 1.26. The Morgan fingerprint density at radius 2 is 1.65 bits per heavy atom. The summed E-state index contributed by atoms with van der Waals surface area (Å²) in [5.74, 6) is -1.92. The van der Waals surface area contributed by atoms with Gasteiger partial charge in [-0.2, -0.15) is 0 Å². The molecule has 194 valence electrons. The number of methoxy groups -OCH3 is 1. The molecule has 1 aliphatic carbocycles. The molecule has 3 amide bonds. The smallest absolute Gasteiger partial charge is 0.413 e. The second-order valence-electron chi connectivity index (χ2n) is 8.27. The maximum Gasteiger partial charge on any atom is 0.413 e. The highest BCUT2D eigenvalue weighted by Crippen LogP contribution is 2.38. The van der Waals surface area contributed by atoms with Crippen LogP contribution in [0.4, 0.5) is 19.9 Å². The number of hydrogen-bond donors (Lipinski definition) is 3. The van der Waals surface area contributed by atoms with E-state index in [1.165, 1.54) is 23.5 Å². The first-order valence-corrected chi connectivity index (χ1v) is 13.7. The minimum absolute atomic E-state index is 0.00278. The average Bonchev–Trinajstić information content (AvgIpc) is 3.04. The van der Waals surface area contributed by atoms with Crippen LogP contribution in [-0.4, -0.2) is 33.4 Å². The fourth-order valence-electron chi connectivity index (χ4n) is 4.04. The molecule has 4 rings (SSSR count). The maximum atomic E-state index is 13.3. The molecular formula is C25H24FN3O6S2. The topological polar surface area (TPSA) is 131 Å². The molecule has 37 heavy (non-hydrogen) atoms. The summed E-state index contributed by atoms with van der Waals surface area (Å²) in [6, 6.07) is 10.3. The minimum Gasteiger partial charge on any atom is -0.453 e. The van der Waals surface area contributed by atoms with E-state index in [1.54, 1.807) is 12.1 Å². The second-order valence-corrected chi connectivity index (χ2v) is 11.1. The molecule has 0 radical (unpaired) electrons. The van der Waals surface area contributed by atoms with E-state index < -0.39 is 33.7 Å². The number of aryl methyl sites for hydroxylation is 1. The Morgan fingerprint density at radius 3 is 2.38 bits per heavy atom. The predicted octanol–water partition coefficient (Wildman–Crippen LogP) is 4.71. The lowest BCUT2D eigenvalue weighted by atomic mass is 10.0. The normalized spacial score (nSPS) is 13.1. The molecule has 0 bridgehead atoms. The molecular weight excluding hydrogens is 521 g/mol. The lowest BCUT2D eigenvalue weighted by Crippen LogP contribution is -2.31. The summed E-state index contributed by atoms with van der Waals surface area (Å²) in [6.07, 6.45) is 3.25. The molecule has 0 aliphatic heterocycles. The van der Waals surface area contributed by atoms with Crippen molar-refractivity contribution >= 4 is 50.0 Å². The van der Waals surface area contributed by atoms with E-state index >= 15 is 0 Å². The van der Waals surface area contributed by atoms with E-state index in [-0.39, 0.29) is 26.7 Å². The molecule has 1 aromatic heterocycles. The molecule has 0 spiro atoms. The SMILES string of the molecule is COC(=O)NC(=O)c1c(NC(=O)c2ccccc2NS(=O)(=O)c2ccc(F)cc2)sc2c1CCCCC2. The number of para-hydroxylation sites is 1. The molecule has 0 unspecified atom stereocenters. The van der Waals surface area contributed by atoms with Crippen LogP contribution >= 0.6 is 11.3 Å². The van der Waals surface area contributed by atoms with Gasteiger partial charge in [0.05, 0.1) is 28.8 Å². The van der Waals surface area contributed by atoms with Crippen LogP contribution in [0.15, 0.2) is 53.4 Å². The number of carbonyl (C=O) groups is 3. The highest BCUT2D eigenvalue weighted by atomic mass is 32.2. The minimum atomic E-state index is -4.11. The Balaban J connectivity index is 1.65. The predicted molar refractivity (Wildman–Crippen MR) is 137 cm³/mol. The van der Waals surface area contributed by atoms with Crippen molar-refractivity contribution < 1.29 is 31.9 Å². The molecule has 3 aromatic rings. The zero-order valence-electron chi connectivity index (χ0n) is 19.8. The summed E-state index contributed by atoms with van der Waals surface area (Å²) in [4.78, 5) is 38.8. The third-order valence-electron chi connectivity index (χ3n) is 5.82. The molecule has 1 heterocycles. The molecule has 0 fully saturated rings. The monoisotopic (exact) mass is 545 g/mol. The summed E-state index contributed by atoms with van der Waals surface area (Å²) in [5, 5.41) is 5.15. The lowest BCUT2D eigenvalue weighted by molar-refractivity contribution is 0.0937. The van der Waals surface area contributed by atoms with E-state index in [1.807, 2.05) is 0 Å². The van der Waals surface area contributed by atoms with Crippen molar-refractivity contribution in [3.63, 3.8) is 0 Å². The Labute approximate surface area is 217 Å². The molecule has 1 aliphatic rings. The van der Waals surface area contributed by atoms with Gasteiger partial charge in [0.15, 0.2) is 0 Å². The first-order chi connectivity index (χ1) is 17.7. The van der Waals surface area contributed by atoms with Gasteiger partial charge < -0.3 is 10.1 Å². The highest BCUT2D eigenvalue weighted by Gasteiger charge is 2.28. The Morgan fingerprint density at radius 1 is 0.946 bits per heavy atom. The van der Waals surface area contributed by atoms with Crippen LogP contribution in [0.25, 0.3) is 0 Å². The van der Waals surface area contributed by atoms with Crippen LogP contribution in [0.1, 0.15) is 50.4 Å². The third kappa shape index (κ3) is 5.97. The Kier molecular flexibility index (Phi) is 7.89. The second kappa shape index (κ2) is 11.1. The van der Waals surface area contributed by atoms with Gasteiger partial charge in [-0.15, -0.1) is 11.3 Å². The first kappa shape index (κ1) is 26.3. The number of alkyl carbamates (subject to hydrolysis) is 1. The Bertz CT molecular complexity index is 1450. The van der Waals surface area contributed by atoms with E-state index in [0.717, 1.165) is 67.5 Å². The number of sulfonamides is 1. The van der Waals surface area contributed by atoms with Crippen LogP contribution < -0.4 is 15.4 Å². The van der Waals surface area contributed by atoms with Crippen molar-refractivity contribution in [2.24, 2.45) is 0 Å². The number of thiophene rings is 1. The number of benzene rings is 2. The molecule has 2 aromatic carbocycles. The van der Waals surface area contributed by atoms with E-state index in [0.29, 0.717) is 6.42 Å². The number of rotatable bonds is 6. The van der Waals surface area contributed by atoms with Crippen molar-refractivity contribution in [1.82, 2.24) is 5.32 Å². The van der Waals surface area contributed by atoms with Gasteiger partial charge in [0.25, 0.3) is 21.8 Å². The number of carbonyl (C=O) groups excluding carboxylic acids is 3. The van der Waals surface area contributed by atoms with Crippen molar-refractivity contribution in [3.8, 4) is 0 Å². The van der Waals surface area contributed by atoms with Crippen LogP contribution in [0.5, 0.6) is 0 Å². The van der Waals surface area contributed by atoms with Crippen LogP contribution in [0, 0.1) is 5.82 Å². The van der Waals surface area contributed by atoms with Gasteiger partial charge >= 0.3 is 6.09 Å². The van der Waals surface area contributed by atoms with Crippen molar-refractivity contribution in [3.05, 3.63) is 75.9 Å². The van der Waals surface area contributed by atoms with Gasteiger partial charge in [0.1, 0.15) is 10.8 Å². The Hall–Kier alpha value is -3.77. The molecule has 0 saturated heterocycles. The van der Waals surface area contributed by atoms with Gasteiger partial charge in [0.2, 0.25) is 0 Å². The van der Waals surface area contributed by atoms with Gasteiger partial charge in [-0.05, 0) is 67.6 Å². The zero-order valence-corrected chi connectivity index (χ0v) is 21.4. The summed E-state index contributed by atoms with van der Waals surface area (Å²) in [6.45, 7) is 0. The standard InChI is InChI=1S/C25H24FN3O6S2/c1-35-25(32)28-23(31)21-18-8-3-2-4-10-20(18)36-24(21)27-22(30)17-7-5-6-9-19(17)29-37(33,34)16-13-11-15(26)12-14-16/h5-7,9,11-14,29H,2-4,8,10H2,1H3,(H,27,30)(H,28,31,32). The highest BCUT2D eigenvalue weighted by molar-refractivity contribution is 7.92. The van der Waals surface area contributed by atoms with Gasteiger partial charge in [-0.1, -0.05) is 18.6 Å². The summed E-state index contributed by atoms with van der Waals surface area (Å²) in [5.41, 5.74) is 0.994. The van der Waals surface area contributed by atoms with Crippen LogP contribution in [-0.2, 0) is 27.6 Å². The quantitative estimate of drug-likeness (QED) is 0.385. The summed E-state index contributed by atoms with van der Waals surface area (Å²) in [7, 11) is -2.97. The number of nitrogens with one attached hydrogen (secondary N) is 3. The number of halogens is 1. The number of ether oxygens (including phenoxy) is 1.